The van der Waals surface area contributed by atoms with Crippen molar-refractivity contribution < 1.29 is 14.6 Å². The number of fused-ring (bicyclic) bond motifs is 1. The van der Waals surface area contributed by atoms with Crippen molar-refractivity contribution in [2.24, 2.45) is 0 Å². The van der Waals surface area contributed by atoms with Gasteiger partial charge in [-0.2, -0.15) is 0 Å². The second-order valence-corrected chi connectivity index (χ2v) is 3.92. The number of rotatable bonds is 1. The average molecular weight is 221 g/mol. The Balaban J connectivity index is 2.44. The third kappa shape index (κ3) is 1.88. The zero-order valence-electron chi connectivity index (χ0n) is 9.43. The van der Waals surface area contributed by atoms with E-state index in [9.17, 15) is 9.90 Å². The van der Waals surface area contributed by atoms with Crippen molar-refractivity contribution in [1.29, 1.82) is 0 Å². The summed E-state index contributed by atoms with van der Waals surface area (Å²) >= 11 is 0. The molecule has 1 aromatic carbocycles. The van der Waals surface area contributed by atoms with Crippen LogP contribution in [0, 0.1) is 0 Å². The maximum atomic E-state index is 11.5. The molecule has 1 amide bonds. The number of aliphatic hydroxyl groups excluding tert-OH is 1. The Morgan fingerprint density at radius 2 is 2.31 bits per heavy atom. The number of hydrogen-bond acceptors (Lipinski definition) is 3. The molecule has 0 aliphatic carbocycles. The third-order valence-electron chi connectivity index (χ3n) is 2.71. The third-order valence-corrected chi connectivity index (χ3v) is 2.71. The van der Waals surface area contributed by atoms with Crippen LogP contribution in [0.3, 0.4) is 0 Å². The molecule has 1 unspecified atom stereocenters. The lowest BCUT2D eigenvalue weighted by molar-refractivity contribution is -0.116. The van der Waals surface area contributed by atoms with E-state index in [1.165, 1.54) is 6.92 Å². The first-order valence-electron chi connectivity index (χ1n) is 5.32. The fraction of sp³-hybridized carbons (Fsp3) is 0.417. The summed E-state index contributed by atoms with van der Waals surface area (Å²) in [5.41, 5.74) is 1.53. The van der Waals surface area contributed by atoms with Crippen molar-refractivity contribution in [2.45, 2.75) is 20.0 Å². The number of benzene rings is 1. The molecule has 0 bridgehead atoms. The normalized spacial score (nSPS) is 16.3. The second-order valence-electron chi connectivity index (χ2n) is 3.92. The monoisotopic (exact) mass is 221 g/mol. The number of carbonyl (C=O) groups is 1. The van der Waals surface area contributed by atoms with Gasteiger partial charge in [0.15, 0.2) is 0 Å². The number of amides is 1. The Morgan fingerprint density at radius 1 is 1.56 bits per heavy atom. The van der Waals surface area contributed by atoms with Gasteiger partial charge < -0.3 is 14.7 Å². The van der Waals surface area contributed by atoms with E-state index < -0.39 is 6.10 Å². The molecule has 1 heterocycles. The average Bonchev–Trinajstić information content (AvgIpc) is 2.27. The number of hydrogen-bond donors (Lipinski definition) is 1. The van der Waals surface area contributed by atoms with Crippen molar-refractivity contribution in [1.82, 2.24) is 0 Å². The number of anilines is 1. The summed E-state index contributed by atoms with van der Waals surface area (Å²) in [6, 6.07) is 5.42. The van der Waals surface area contributed by atoms with Gasteiger partial charge in [-0.05, 0) is 24.6 Å². The number of nitrogens with zero attached hydrogens (tertiary/aromatic N) is 1. The van der Waals surface area contributed by atoms with Crippen molar-refractivity contribution in [3.05, 3.63) is 23.8 Å². The minimum atomic E-state index is -0.541. The molecule has 0 saturated heterocycles. The van der Waals surface area contributed by atoms with Crippen LogP contribution >= 0.6 is 0 Å². The molecule has 0 spiro atoms. The Morgan fingerprint density at radius 3 is 2.94 bits per heavy atom. The lowest BCUT2D eigenvalue weighted by atomic mass is 10.1. The van der Waals surface area contributed by atoms with Gasteiger partial charge in [0.2, 0.25) is 5.91 Å². The van der Waals surface area contributed by atoms with Crippen molar-refractivity contribution in [3.63, 3.8) is 0 Å². The van der Waals surface area contributed by atoms with Crippen molar-refractivity contribution in [3.8, 4) is 5.75 Å². The van der Waals surface area contributed by atoms with E-state index in [1.54, 1.807) is 24.0 Å². The van der Waals surface area contributed by atoms with Gasteiger partial charge in [0.05, 0.1) is 18.3 Å². The van der Waals surface area contributed by atoms with Crippen molar-refractivity contribution in [2.75, 3.05) is 18.1 Å². The van der Waals surface area contributed by atoms with Gasteiger partial charge >= 0.3 is 0 Å². The zero-order valence-corrected chi connectivity index (χ0v) is 9.43. The van der Waals surface area contributed by atoms with E-state index in [1.807, 2.05) is 6.07 Å². The minimum absolute atomic E-state index is 0.00714. The Hall–Kier alpha value is -1.55. The summed E-state index contributed by atoms with van der Waals surface area (Å²) in [5.74, 6) is 0.693. The summed E-state index contributed by atoms with van der Waals surface area (Å²) in [6.45, 7) is 4.31. The first kappa shape index (κ1) is 11.0. The van der Waals surface area contributed by atoms with Gasteiger partial charge in [0, 0.05) is 6.92 Å². The van der Waals surface area contributed by atoms with E-state index in [-0.39, 0.29) is 5.91 Å². The second kappa shape index (κ2) is 4.14. The highest BCUT2D eigenvalue weighted by Gasteiger charge is 2.21. The smallest absolute Gasteiger partial charge is 0.224 e. The fourth-order valence-electron chi connectivity index (χ4n) is 1.82. The molecular formula is C12H15NO3. The van der Waals surface area contributed by atoms with Gasteiger partial charge in [0.25, 0.3) is 0 Å². The number of aliphatic hydroxyl groups is 1. The van der Waals surface area contributed by atoms with Gasteiger partial charge in [-0.25, -0.2) is 0 Å². The first-order valence-corrected chi connectivity index (χ1v) is 5.32. The molecule has 0 saturated carbocycles. The maximum absolute atomic E-state index is 11.5. The van der Waals surface area contributed by atoms with E-state index in [4.69, 9.17) is 4.74 Å². The lowest BCUT2D eigenvalue weighted by Gasteiger charge is -2.29. The van der Waals surface area contributed by atoms with Gasteiger partial charge in [0.1, 0.15) is 12.4 Å². The van der Waals surface area contributed by atoms with E-state index in [0.29, 0.717) is 18.9 Å². The lowest BCUT2D eigenvalue weighted by Crippen LogP contribution is -2.36. The molecule has 1 aromatic rings. The minimum Gasteiger partial charge on any atom is -0.490 e. The summed E-state index contributed by atoms with van der Waals surface area (Å²) in [6.07, 6.45) is -0.541. The molecule has 4 nitrogen and oxygen atoms in total. The van der Waals surface area contributed by atoms with Crippen molar-refractivity contribution >= 4 is 11.6 Å². The molecule has 0 radical (unpaired) electrons. The Bertz CT molecular complexity index is 415. The van der Waals surface area contributed by atoms with E-state index in [0.717, 1.165) is 11.3 Å². The molecule has 1 N–H and O–H groups in total. The molecule has 0 aromatic heterocycles. The molecule has 4 heteroatoms. The van der Waals surface area contributed by atoms with Crippen LogP contribution in [0.1, 0.15) is 25.5 Å². The van der Waals surface area contributed by atoms with Crippen LogP contribution in [0.4, 0.5) is 5.69 Å². The summed E-state index contributed by atoms with van der Waals surface area (Å²) in [5, 5.41) is 9.51. The highest BCUT2D eigenvalue weighted by molar-refractivity contribution is 5.93. The number of ether oxygens (including phenoxy) is 1. The van der Waals surface area contributed by atoms with Gasteiger partial charge in [-0.1, -0.05) is 6.07 Å². The molecular weight excluding hydrogens is 206 g/mol. The molecule has 1 atom stereocenters. The van der Waals surface area contributed by atoms with Crippen LogP contribution in [-0.4, -0.2) is 24.2 Å². The zero-order chi connectivity index (χ0) is 11.7. The van der Waals surface area contributed by atoms with Crippen LogP contribution in [0.2, 0.25) is 0 Å². The quantitative estimate of drug-likeness (QED) is 0.781. The largest absolute Gasteiger partial charge is 0.490 e. The predicted molar refractivity (Wildman–Crippen MR) is 60.6 cm³/mol. The van der Waals surface area contributed by atoms with E-state index in [2.05, 4.69) is 0 Å². The number of carbonyl (C=O) groups excluding carboxylic acids is 1. The molecule has 1 aliphatic heterocycles. The predicted octanol–water partition coefficient (Wildman–Crippen LogP) is 1.49. The van der Waals surface area contributed by atoms with E-state index >= 15 is 0 Å². The summed E-state index contributed by atoms with van der Waals surface area (Å²) < 4.78 is 5.46. The summed E-state index contributed by atoms with van der Waals surface area (Å²) in [4.78, 5) is 13.1. The molecule has 86 valence electrons. The maximum Gasteiger partial charge on any atom is 0.224 e. The van der Waals surface area contributed by atoms with Crippen LogP contribution in [0.15, 0.2) is 18.2 Å². The topological polar surface area (TPSA) is 49.8 Å². The van der Waals surface area contributed by atoms with Crippen LogP contribution in [0.25, 0.3) is 0 Å². The summed E-state index contributed by atoms with van der Waals surface area (Å²) in [7, 11) is 0. The molecule has 2 rings (SSSR count). The van der Waals surface area contributed by atoms with Gasteiger partial charge in [-0.15, -0.1) is 0 Å². The SMILES string of the molecule is CC(=O)N1CCOc2ccc(C(C)O)cc21. The van der Waals surface area contributed by atoms with Crippen LogP contribution in [-0.2, 0) is 4.79 Å². The first-order chi connectivity index (χ1) is 7.59. The van der Waals surface area contributed by atoms with Gasteiger partial charge in [-0.3, -0.25) is 4.79 Å². The Labute approximate surface area is 94.4 Å². The van der Waals surface area contributed by atoms with Crippen LogP contribution < -0.4 is 9.64 Å². The highest BCUT2D eigenvalue weighted by atomic mass is 16.5. The highest BCUT2D eigenvalue weighted by Crippen LogP contribution is 2.33. The van der Waals surface area contributed by atoms with Crippen LogP contribution in [0.5, 0.6) is 5.75 Å². The molecule has 16 heavy (non-hydrogen) atoms. The fourth-order valence-corrected chi connectivity index (χ4v) is 1.82. The molecule has 0 fully saturated rings. The Kier molecular flexibility index (Phi) is 2.83. The molecule has 1 aliphatic rings. The standard InChI is InChI=1S/C12H15NO3/c1-8(14)10-3-4-12-11(7-10)13(9(2)15)5-6-16-12/h3-4,7-8,14H,5-6H2,1-2H3.